The van der Waals surface area contributed by atoms with Crippen molar-refractivity contribution in [3.05, 3.63) is 60.2 Å². The van der Waals surface area contributed by atoms with Crippen molar-refractivity contribution in [2.45, 2.75) is 6.92 Å². The molecule has 4 nitrogen and oxygen atoms in total. The molecule has 0 N–H and O–H groups in total. The van der Waals surface area contributed by atoms with Gasteiger partial charge in [-0.05, 0) is 6.92 Å². The predicted octanol–water partition coefficient (Wildman–Crippen LogP) is 2.91. The lowest BCUT2D eigenvalue weighted by Crippen LogP contribution is -1.99. The van der Waals surface area contributed by atoms with Gasteiger partial charge < -0.3 is 0 Å². The lowest BCUT2D eigenvalue weighted by atomic mass is 10.1. The van der Waals surface area contributed by atoms with Crippen LogP contribution in [-0.2, 0) is 0 Å². The molecular weight excluding hydrogens is 236 g/mol. The second-order valence-corrected chi connectivity index (χ2v) is 4.28. The van der Waals surface area contributed by atoms with Gasteiger partial charge in [-0.15, -0.1) is 20.4 Å². The number of aryl methyl sites for hydroxylation is 1. The van der Waals surface area contributed by atoms with Crippen LogP contribution in [0.2, 0.25) is 0 Å². The number of rotatable bonds is 2. The maximum absolute atomic E-state index is 4.13. The van der Waals surface area contributed by atoms with E-state index >= 15 is 0 Å². The average molecular weight is 248 g/mol. The first kappa shape index (κ1) is 11.5. The van der Waals surface area contributed by atoms with Crippen molar-refractivity contribution in [3.63, 3.8) is 0 Å². The van der Waals surface area contributed by atoms with E-state index in [1.165, 1.54) is 5.56 Å². The fourth-order valence-corrected chi connectivity index (χ4v) is 1.75. The van der Waals surface area contributed by atoms with Crippen LogP contribution in [0.3, 0.4) is 0 Å². The van der Waals surface area contributed by atoms with Crippen LogP contribution < -0.4 is 0 Å². The zero-order valence-corrected chi connectivity index (χ0v) is 10.5. The van der Waals surface area contributed by atoms with Crippen LogP contribution in [0.15, 0.2) is 54.6 Å². The fraction of sp³-hybridized carbons (Fsp3) is 0.0667. The number of hydrogen-bond acceptors (Lipinski definition) is 4. The topological polar surface area (TPSA) is 51.6 Å². The Bertz CT molecular complexity index is 661. The normalized spacial score (nSPS) is 10.4. The molecule has 0 unspecified atom stereocenters. The number of benzene rings is 2. The third-order valence-corrected chi connectivity index (χ3v) is 2.82. The molecule has 0 spiro atoms. The molecule has 0 atom stereocenters. The summed E-state index contributed by atoms with van der Waals surface area (Å²) in [6, 6.07) is 17.7. The molecule has 1 heterocycles. The monoisotopic (exact) mass is 248 g/mol. The molecule has 4 heteroatoms. The highest BCUT2D eigenvalue weighted by Gasteiger charge is 2.05. The van der Waals surface area contributed by atoms with Crippen LogP contribution in [0.4, 0.5) is 0 Å². The molecule has 0 radical (unpaired) electrons. The Morgan fingerprint density at radius 2 is 1.05 bits per heavy atom. The molecule has 3 rings (SSSR count). The minimum Gasteiger partial charge on any atom is -0.126 e. The van der Waals surface area contributed by atoms with Crippen LogP contribution in [0.5, 0.6) is 0 Å². The molecule has 0 bridgehead atoms. The van der Waals surface area contributed by atoms with Crippen LogP contribution in [0.25, 0.3) is 22.8 Å². The molecule has 0 aliphatic heterocycles. The molecule has 0 saturated heterocycles. The van der Waals surface area contributed by atoms with Crippen LogP contribution in [-0.4, -0.2) is 20.4 Å². The summed E-state index contributed by atoms with van der Waals surface area (Å²) in [7, 11) is 0. The van der Waals surface area contributed by atoms with E-state index in [0.717, 1.165) is 11.1 Å². The number of hydrogen-bond donors (Lipinski definition) is 0. The second-order valence-electron chi connectivity index (χ2n) is 4.28. The maximum Gasteiger partial charge on any atom is 0.203 e. The Hall–Kier alpha value is -2.62. The smallest absolute Gasteiger partial charge is 0.126 e. The molecule has 19 heavy (non-hydrogen) atoms. The highest BCUT2D eigenvalue weighted by molar-refractivity contribution is 5.56. The first-order valence-corrected chi connectivity index (χ1v) is 6.03. The minimum atomic E-state index is 0.538. The van der Waals surface area contributed by atoms with Crippen molar-refractivity contribution in [2.75, 3.05) is 0 Å². The quantitative estimate of drug-likeness (QED) is 0.699. The highest BCUT2D eigenvalue weighted by Crippen LogP contribution is 2.16. The van der Waals surface area contributed by atoms with Gasteiger partial charge in [0.05, 0.1) is 0 Å². The summed E-state index contributed by atoms with van der Waals surface area (Å²) in [5.41, 5.74) is 3.04. The zero-order valence-electron chi connectivity index (χ0n) is 10.5. The molecule has 1 aromatic heterocycles. The first-order chi connectivity index (χ1) is 9.33. The summed E-state index contributed by atoms with van der Waals surface area (Å²) in [5, 5.41) is 16.5. The van der Waals surface area contributed by atoms with E-state index in [2.05, 4.69) is 20.4 Å². The summed E-state index contributed by atoms with van der Waals surface area (Å²) >= 11 is 0. The van der Waals surface area contributed by atoms with E-state index in [1.807, 2.05) is 61.5 Å². The lowest BCUT2D eigenvalue weighted by molar-refractivity contribution is 0.876. The third-order valence-electron chi connectivity index (χ3n) is 2.82. The fourth-order valence-electron chi connectivity index (χ4n) is 1.75. The molecule has 0 aliphatic carbocycles. The summed E-state index contributed by atoms with van der Waals surface area (Å²) in [4.78, 5) is 0. The van der Waals surface area contributed by atoms with Crippen molar-refractivity contribution >= 4 is 0 Å². The highest BCUT2D eigenvalue weighted by atomic mass is 15.3. The van der Waals surface area contributed by atoms with Crippen LogP contribution in [0.1, 0.15) is 5.56 Å². The number of nitrogens with zero attached hydrogens (tertiary/aromatic N) is 4. The first-order valence-electron chi connectivity index (χ1n) is 6.03. The van der Waals surface area contributed by atoms with Gasteiger partial charge in [-0.25, -0.2) is 0 Å². The molecule has 0 saturated carbocycles. The Morgan fingerprint density at radius 3 is 1.58 bits per heavy atom. The Morgan fingerprint density at radius 1 is 0.579 bits per heavy atom. The molecule has 0 amide bonds. The van der Waals surface area contributed by atoms with Gasteiger partial charge in [0.1, 0.15) is 0 Å². The SMILES string of the molecule is Cc1ccc(-c2nnc(-c3ccccc3)nn2)cc1. The molecule has 2 aromatic carbocycles. The summed E-state index contributed by atoms with van der Waals surface area (Å²) < 4.78 is 0. The van der Waals surface area contributed by atoms with E-state index in [0.29, 0.717) is 11.6 Å². The van der Waals surface area contributed by atoms with Crippen molar-refractivity contribution in [3.8, 4) is 22.8 Å². The molecular formula is C15H12N4. The predicted molar refractivity (Wildman–Crippen MR) is 73.2 cm³/mol. The zero-order chi connectivity index (χ0) is 13.1. The van der Waals surface area contributed by atoms with E-state index < -0.39 is 0 Å². The Kier molecular flexibility index (Phi) is 2.98. The molecule has 0 aliphatic rings. The Balaban J connectivity index is 1.93. The van der Waals surface area contributed by atoms with Crippen molar-refractivity contribution in [2.24, 2.45) is 0 Å². The maximum atomic E-state index is 4.13. The van der Waals surface area contributed by atoms with E-state index in [9.17, 15) is 0 Å². The summed E-state index contributed by atoms with van der Waals surface area (Å²) in [6.45, 7) is 2.04. The van der Waals surface area contributed by atoms with Crippen LogP contribution >= 0.6 is 0 Å². The van der Waals surface area contributed by atoms with Crippen molar-refractivity contribution in [1.29, 1.82) is 0 Å². The lowest BCUT2D eigenvalue weighted by Gasteiger charge is -2.00. The minimum absolute atomic E-state index is 0.538. The van der Waals surface area contributed by atoms with Gasteiger partial charge in [-0.1, -0.05) is 60.2 Å². The largest absolute Gasteiger partial charge is 0.203 e. The third kappa shape index (κ3) is 2.47. The molecule has 0 fully saturated rings. The van der Waals surface area contributed by atoms with Crippen molar-refractivity contribution < 1.29 is 0 Å². The van der Waals surface area contributed by atoms with Gasteiger partial charge in [-0.3, -0.25) is 0 Å². The van der Waals surface area contributed by atoms with E-state index in [1.54, 1.807) is 0 Å². The van der Waals surface area contributed by atoms with Gasteiger partial charge in [0.25, 0.3) is 0 Å². The Labute approximate surface area is 111 Å². The molecule has 92 valence electrons. The average Bonchev–Trinajstić information content (AvgIpc) is 2.49. The van der Waals surface area contributed by atoms with Crippen LogP contribution in [0, 0.1) is 6.92 Å². The van der Waals surface area contributed by atoms with Gasteiger partial charge in [0, 0.05) is 11.1 Å². The van der Waals surface area contributed by atoms with Crippen molar-refractivity contribution in [1.82, 2.24) is 20.4 Å². The summed E-state index contributed by atoms with van der Waals surface area (Å²) in [6.07, 6.45) is 0. The second kappa shape index (κ2) is 4.94. The van der Waals surface area contributed by atoms with Gasteiger partial charge in [0.15, 0.2) is 0 Å². The standard InChI is InChI=1S/C15H12N4/c1-11-7-9-13(10-8-11)15-18-16-14(17-19-15)12-5-3-2-4-6-12/h2-10H,1H3. The van der Waals surface area contributed by atoms with Gasteiger partial charge >= 0.3 is 0 Å². The van der Waals surface area contributed by atoms with Gasteiger partial charge in [-0.2, -0.15) is 0 Å². The summed E-state index contributed by atoms with van der Waals surface area (Å²) in [5.74, 6) is 1.08. The molecule has 3 aromatic rings. The number of aromatic nitrogens is 4. The van der Waals surface area contributed by atoms with Gasteiger partial charge in [0.2, 0.25) is 11.6 Å². The van der Waals surface area contributed by atoms with E-state index in [4.69, 9.17) is 0 Å². The van der Waals surface area contributed by atoms with E-state index in [-0.39, 0.29) is 0 Å².